The molecule has 0 saturated heterocycles. The summed E-state index contributed by atoms with van der Waals surface area (Å²) in [4.78, 5) is 11.0. The molecule has 0 aliphatic heterocycles. The van der Waals surface area contributed by atoms with Gasteiger partial charge in [-0.25, -0.2) is 0 Å². The first-order valence-electron chi connectivity index (χ1n) is 4.41. The summed E-state index contributed by atoms with van der Waals surface area (Å²) in [5.74, 6) is -0.484. The van der Waals surface area contributed by atoms with Crippen molar-refractivity contribution in [2.24, 2.45) is 7.05 Å². The first-order chi connectivity index (χ1) is 6.97. The number of aromatic nitrogens is 2. The van der Waals surface area contributed by atoms with E-state index < -0.39 is 12.1 Å². The van der Waals surface area contributed by atoms with Gasteiger partial charge in [0.05, 0.1) is 25.3 Å². The van der Waals surface area contributed by atoms with Gasteiger partial charge in [-0.1, -0.05) is 11.6 Å². The molecule has 1 N–H and O–H groups in total. The Bertz CT molecular complexity index is 376. The van der Waals surface area contributed by atoms with E-state index in [9.17, 15) is 9.90 Å². The molecule has 0 radical (unpaired) electrons. The second kappa shape index (κ2) is 4.63. The molecule has 1 aromatic heterocycles. The van der Waals surface area contributed by atoms with Crippen LogP contribution in [0.5, 0.6) is 0 Å². The number of nitrogens with zero attached hydrogens (tertiary/aromatic N) is 2. The highest BCUT2D eigenvalue weighted by molar-refractivity contribution is 6.30. The van der Waals surface area contributed by atoms with E-state index in [4.69, 9.17) is 11.6 Å². The van der Waals surface area contributed by atoms with Gasteiger partial charge in [0.15, 0.2) is 0 Å². The smallest absolute Gasteiger partial charge is 0.308 e. The molecule has 84 valence electrons. The number of ether oxygens (including phenoxy) is 1. The predicted octanol–water partition coefficient (Wildman–Crippen LogP) is 0.978. The molecule has 5 nitrogen and oxygen atoms in total. The SMILES string of the molecule is COC(=O)C[C@@H](O)c1c(C)nn(C)c1Cl. The number of aliphatic hydroxyl groups is 1. The van der Waals surface area contributed by atoms with Gasteiger partial charge in [-0.15, -0.1) is 0 Å². The molecule has 0 aliphatic carbocycles. The number of hydrogen-bond donors (Lipinski definition) is 1. The summed E-state index contributed by atoms with van der Waals surface area (Å²) >= 11 is 5.92. The Hall–Kier alpha value is -1.07. The summed E-state index contributed by atoms with van der Waals surface area (Å²) in [6.45, 7) is 1.72. The fraction of sp³-hybridized carbons (Fsp3) is 0.556. The lowest BCUT2D eigenvalue weighted by Crippen LogP contribution is -2.08. The summed E-state index contributed by atoms with van der Waals surface area (Å²) in [6, 6.07) is 0. The number of carbonyl (C=O) groups is 1. The molecule has 1 aromatic rings. The van der Waals surface area contributed by atoms with E-state index in [0.717, 1.165) is 0 Å². The number of aryl methyl sites for hydroxylation is 2. The molecule has 15 heavy (non-hydrogen) atoms. The second-order valence-corrected chi connectivity index (χ2v) is 3.57. The minimum absolute atomic E-state index is 0.122. The molecule has 0 saturated carbocycles. The molecule has 0 aromatic carbocycles. The summed E-state index contributed by atoms with van der Waals surface area (Å²) in [5.41, 5.74) is 1.09. The maximum absolute atomic E-state index is 11.0. The number of halogens is 1. The average molecular weight is 233 g/mol. The van der Waals surface area contributed by atoms with Crippen LogP contribution in [0.15, 0.2) is 0 Å². The largest absolute Gasteiger partial charge is 0.469 e. The first kappa shape index (κ1) is 12.0. The number of hydrogen-bond acceptors (Lipinski definition) is 4. The molecule has 6 heteroatoms. The quantitative estimate of drug-likeness (QED) is 0.789. The maximum atomic E-state index is 11.0. The number of methoxy groups -OCH3 is 1. The standard InChI is InChI=1S/C9H13ClN2O3/c1-5-8(9(10)12(2)11-5)6(13)4-7(14)15-3/h6,13H,4H2,1-3H3/t6-/m1/s1. The highest BCUT2D eigenvalue weighted by Gasteiger charge is 2.21. The van der Waals surface area contributed by atoms with Crippen LogP contribution in [-0.4, -0.2) is 28.0 Å². The van der Waals surface area contributed by atoms with Gasteiger partial charge in [-0.3, -0.25) is 9.48 Å². The maximum Gasteiger partial charge on any atom is 0.308 e. The monoisotopic (exact) mass is 232 g/mol. The van der Waals surface area contributed by atoms with E-state index in [1.165, 1.54) is 11.8 Å². The zero-order chi connectivity index (χ0) is 11.6. The lowest BCUT2D eigenvalue weighted by molar-refractivity contribution is -0.142. The fourth-order valence-electron chi connectivity index (χ4n) is 1.37. The Morgan fingerprint density at radius 3 is 2.73 bits per heavy atom. The molecule has 0 amide bonds. The van der Waals surface area contributed by atoms with Crippen LogP contribution in [0.2, 0.25) is 5.15 Å². The lowest BCUT2D eigenvalue weighted by Gasteiger charge is -2.08. The zero-order valence-electron chi connectivity index (χ0n) is 8.82. The van der Waals surface area contributed by atoms with Crippen LogP contribution in [0.25, 0.3) is 0 Å². The van der Waals surface area contributed by atoms with Crippen molar-refractivity contribution in [1.29, 1.82) is 0 Å². The topological polar surface area (TPSA) is 64.3 Å². The van der Waals surface area contributed by atoms with Crippen LogP contribution in [0.1, 0.15) is 23.8 Å². The van der Waals surface area contributed by atoms with E-state index in [1.54, 1.807) is 14.0 Å². The van der Waals surface area contributed by atoms with Crippen molar-refractivity contribution in [2.45, 2.75) is 19.4 Å². The molecular weight excluding hydrogens is 220 g/mol. The number of carbonyl (C=O) groups excluding carboxylic acids is 1. The molecule has 1 atom stereocenters. The van der Waals surface area contributed by atoms with Crippen LogP contribution in [0.4, 0.5) is 0 Å². The van der Waals surface area contributed by atoms with Crippen LogP contribution < -0.4 is 0 Å². The van der Waals surface area contributed by atoms with Crippen LogP contribution in [-0.2, 0) is 16.6 Å². The Morgan fingerprint density at radius 1 is 1.73 bits per heavy atom. The molecule has 0 bridgehead atoms. The van der Waals surface area contributed by atoms with E-state index in [2.05, 4.69) is 9.84 Å². The Balaban J connectivity index is 2.90. The number of aliphatic hydroxyl groups excluding tert-OH is 1. The van der Waals surface area contributed by atoms with E-state index in [0.29, 0.717) is 16.4 Å². The van der Waals surface area contributed by atoms with Crippen LogP contribution >= 0.6 is 11.6 Å². The zero-order valence-corrected chi connectivity index (χ0v) is 9.58. The summed E-state index contributed by atoms with van der Waals surface area (Å²) in [7, 11) is 2.94. The van der Waals surface area contributed by atoms with Crippen molar-refractivity contribution in [2.75, 3.05) is 7.11 Å². The van der Waals surface area contributed by atoms with Gasteiger partial charge in [-0.05, 0) is 6.92 Å². The number of rotatable bonds is 3. The molecule has 0 unspecified atom stereocenters. The predicted molar refractivity (Wildman–Crippen MR) is 54.5 cm³/mol. The van der Waals surface area contributed by atoms with Gasteiger partial charge < -0.3 is 9.84 Å². The van der Waals surface area contributed by atoms with Gasteiger partial charge in [0.25, 0.3) is 0 Å². The Morgan fingerprint density at radius 2 is 2.33 bits per heavy atom. The average Bonchev–Trinajstić information content (AvgIpc) is 2.41. The van der Waals surface area contributed by atoms with Crippen molar-refractivity contribution in [3.63, 3.8) is 0 Å². The summed E-state index contributed by atoms with van der Waals surface area (Å²) < 4.78 is 5.91. The van der Waals surface area contributed by atoms with Crippen LogP contribution in [0.3, 0.4) is 0 Å². The lowest BCUT2D eigenvalue weighted by atomic mass is 10.1. The van der Waals surface area contributed by atoms with Gasteiger partial charge in [0.2, 0.25) is 0 Å². The van der Waals surface area contributed by atoms with Crippen molar-refractivity contribution < 1.29 is 14.6 Å². The fourth-order valence-corrected chi connectivity index (χ4v) is 1.67. The van der Waals surface area contributed by atoms with Crippen molar-refractivity contribution in [1.82, 2.24) is 9.78 Å². The van der Waals surface area contributed by atoms with Crippen LogP contribution in [0, 0.1) is 6.92 Å². The summed E-state index contributed by atoms with van der Waals surface area (Å²) in [5, 5.41) is 14.1. The first-order valence-corrected chi connectivity index (χ1v) is 4.79. The molecular formula is C9H13ClN2O3. The molecule has 0 spiro atoms. The van der Waals surface area contributed by atoms with Gasteiger partial charge in [0, 0.05) is 12.6 Å². The van der Waals surface area contributed by atoms with E-state index in [-0.39, 0.29) is 6.42 Å². The minimum atomic E-state index is -0.973. The van der Waals surface area contributed by atoms with E-state index >= 15 is 0 Å². The summed E-state index contributed by atoms with van der Waals surface area (Å²) in [6.07, 6.45) is -1.10. The third kappa shape index (κ3) is 2.49. The highest BCUT2D eigenvalue weighted by atomic mass is 35.5. The van der Waals surface area contributed by atoms with Gasteiger partial charge in [0.1, 0.15) is 5.15 Å². The minimum Gasteiger partial charge on any atom is -0.469 e. The third-order valence-electron chi connectivity index (χ3n) is 2.12. The van der Waals surface area contributed by atoms with Crippen molar-refractivity contribution in [3.8, 4) is 0 Å². The third-order valence-corrected chi connectivity index (χ3v) is 2.57. The molecule has 0 aliphatic rings. The van der Waals surface area contributed by atoms with Gasteiger partial charge in [-0.2, -0.15) is 5.10 Å². The molecule has 1 heterocycles. The normalized spacial score (nSPS) is 12.6. The second-order valence-electron chi connectivity index (χ2n) is 3.21. The molecule has 1 rings (SSSR count). The van der Waals surface area contributed by atoms with Gasteiger partial charge >= 0.3 is 5.97 Å². The molecule has 0 fully saturated rings. The highest BCUT2D eigenvalue weighted by Crippen LogP contribution is 2.27. The Labute approximate surface area is 92.6 Å². The van der Waals surface area contributed by atoms with E-state index in [1.807, 2.05) is 0 Å². The van der Waals surface area contributed by atoms with Crippen molar-refractivity contribution in [3.05, 3.63) is 16.4 Å². The Kier molecular flexibility index (Phi) is 3.71. The number of esters is 1. The van der Waals surface area contributed by atoms with Crippen molar-refractivity contribution >= 4 is 17.6 Å².